The van der Waals surface area contributed by atoms with E-state index in [-0.39, 0.29) is 28.7 Å². The quantitative estimate of drug-likeness (QED) is 0.808. The predicted octanol–water partition coefficient (Wildman–Crippen LogP) is 3.73. The van der Waals surface area contributed by atoms with Crippen molar-refractivity contribution in [1.82, 2.24) is 14.5 Å². The van der Waals surface area contributed by atoms with Crippen LogP contribution in [0.2, 0.25) is 0 Å². The third-order valence-electron chi connectivity index (χ3n) is 4.58. The highest BCUT2D eigenvalue weighted by atomic mass is 32.2. The molecule has 1 aliphatic carbocycles. The third kappa shape index (κ3) is 3.04. The molecule has 3 rings (SSSR count). The van der Waals surface area contributed by atoms with Crippen molar-refractivity contribution in [2.75, 3.05) is 5.75 Å². The largest absolute Gasteiger partial charge is 0.412 e. The summed E-state index contributed by atoms with van der Waals surface area (Å²) in [7, 11) is -1.87. The van der Waals surface area contributed by atoms with Gasteiger partial charge in [0.25, 0.3) is 0 Å². The Morgan fingerprint density at radius 1 is 1.35 bits per heavy atom. The summed E-state index contributed by atoms with van der Waals surface area (Å²) in [5, 5.41) is 0. The Morgan fingerprint density at radius 3 is 2.65 bits per heavy atom. The van der Waals surface area contributed by atoms with E-state index in [1.54, 1.807) is 18.5 Å². The van der Waals surface area contributed by atoms with Crippen molar-refractivity contribution < 1.29 is 21.6 Å². The molecule has 0 saturated heterocycles. The maximum absolute atomic E-state index is 13.1. The second kappa shape index (κ2) is 6.22. The molecule has 2 heterocycles. The lowest BCUT2D eigenvalue weighted by Gasteiger charge is -2.22. The van der Waals surface area contributed by atoms with Gasteiger partial charge < -0.3 is 4.57 Å². The summed E-state index contributed by atoms with van der Waals surface area (Å²) in [5.41, 5.74) is 0.598. The van der Waals surface area contributed by atoms with Gasteiger partial charge in [0.1, 0.15) is 5.82 Å². The molecule has 0 saturated carbocycles. The molecule has 5 nitrogen and oxygen atoms in total. The van der Waals surface area contributed by atoms with Crippen molar-refractivity contribution in [3.8, 4) is 11.4 Å². The Labute approximate surface area is 149 Å². The van der Waals surface area contributed by atoms with Gasteiger partial charge in [0, 0.05) is 42.2 Å². The average Bonchev–Trinajstić information content (AvgIpc) is 2.91. The van der Waals surface area contributed by atoms with E-state index in [0.717, 1.165) is 6.08 Å². The monoisotopic (exact) mass is 385 g/mol. The van der Waals surface area contributed by atoms with E-state index in [0.29, 0.717) is 17.1 Å². The minimum absolute atomic E-state index is 0.0284. The van der Waals surface area contributed by atoms with Crippen molar-refractivity contribution in [1.29, 1.82) is 0 Å². The molecule has 0 aromatic carbocycles. The number of halogens is 3. The molecule has 1 aliphatic rings. The second-order valence-corrected chi connectivity index (χ2v) is 8.56. The van der Waals surface area contributed by atoms with Crippen molar-refractivity contribution in [3.63, 3.8) is 0 Å². The molecule has 2 aromatic rings. The molecular formula is C17H18F3N3O2S. The van der Waals surface area contributed by atoms with Crippen molar-refractivity contribution >= 4 is 15.9 Å². The highest BCUT2D eigenvalue weighted by Gasteiger charge is 2.38. The van der Waals surface area contributed by atoms with Gasteiger partial charge in [0.2, 0.25) is 0 Å². The molecule has 2 aromatic heterocycles. The lowest BCUT2D eigenvalue weighted by Crippen LogP contribution is -2.18. The maximum atomic E-state index is 13.1. The molecule has 0 spiro atoms. The topological polar surface area (TPSA) is 64.8 Å². The van der Waals surface area contributed by atoms with Crippen molar-refractivity contribution in [2.45, 2.75) is 37.3 Å². The number of fused-ring (bicyclic) bond motifs is 1. The highest BCUT2D eigenvalue weighted by Crippen LogP contribution is 2.42. The van der Waals surface area contributed by atoms with E-state index < -0.39 is 21.6 Å². The van der Waals surface area contributed by atoms with Crippen LogP contribution < -0.4 is 0 Å². The Kier molecular flexibility index (Phi) is 4.46. The summed E-state index contributed by atoms with van der Waals surface area (Å²) in [6.07, 6.45) is -0.794. The zero-order valence-corrected chi connectivity index (χ0v) is 15.3. The van der Waals surface area contributed by atoms with Gasteiger partial charge in [-0.1, -0.05) is 13.8 Å². The Bertz CT molecular complexity index is 991. The number of hydrogen-bond donors (Lipinski definition) is 0. The molecule has 0 fully saturated rings. The van der Waals surface area contributed by atoms with E-state index in [4.69, 9.17) is 0 Å². The van der Waals surface area contributed by atoms with E-state index in [1.807, 2.05) is 0 Å². The summed E-state index contributed by atoms with van der Waals surface area (Å²) >= 11 is 0. The Balaban J connectivity index is 2.23. The minimum Gasteiger partial charge on any atom is -0.330 e. The summed E-state index contributed by atoms with van der Waals surface area (Å²) in [6.45, 7) is 3.23. The van der Waals surface area contributed by atoms with E-state index in [2.05, 4.69) is 9.97 Å². The number of imidazole rings is 1. The van der Waals surface area contributed by atoms with E-state index >= 15 is 0 Å². The summed E-state index contributed by atoms with van der Waals surface area (Å²) < 4.78 is 65.7. The van der Waals surface area contributed by atoms with E-state index in [9.17, 15) is 21.6 Å². The van der Waals surface area contributed by atoms with Crippen LogP contribution in [0.3, 0.4) is 0 Å². The molecule has 0 amide bonds. The SMILES string of the molecule is CCS(=O)(=O)c1cnccc1-c1nc2c(n1C)C(C)CC(C(F)(F)F)=C2. The number of sulfone groups is 1. The van der Waals surface area contributed by atoms with Crippen LogP contribution in [0.5, 0.6) is 0 Å². The van der Waals surface area contributed by atoms with Gasteiger partial charge in [0.15, 0.2) is 9.84 Å². The lowest BCUT2D eigenvalue weighted by molar-refractivity contribution is -0.0937. The van der Waals surface area contributed by atoms with Crippen molar-refractivity contribution in [2.24, 2.45) is 7.05 Å². The summed E-state index contributed by atoms with van der Waals surface area (Å²) in [4.78, 5) is 8.24. The van der Waals surface area contributed by atoms with Crippen LogP contribution in [-0.2, 0) is 16.9 Å². The van der Waals surface area contributed by atoms with Gasteiger partial charge in [0.05, 0.1) is 16.3 Å². The van der Waals surface area contributed by atoms with Gasteiger partial charge >= 0.3 is 6.18 Å². The lowest BCUT2D eigenvalue weighted by atomic mass is 9.90. The molecule has 140 valence electrons. The van der Waals surface area contributed by atoms with Crippen LogP contribution in [0, 0.1) is 0 Å². The highest BCUT2D eigenvalue weighted by molar-refractivity contribution is 7.91. The summed E-state index contributed by atoms with van der Waals surface area (Å²) in [6, 6.07) is 1.52. The number of pyridine rings is 1. The number of alkyl halides is 3. The van der Waals surface area contributed by atoms with Gasteiger partial charge in [-0.15, -0.1) is 0 Å². The van der Waals surface area contributed by atoms with Gasteiger partial charge in [-0.05, 0) is 18.6 Å². The smallest absolute Gasteiger partial charge is 0.330 e. The Morgan fingerprint density at radius 2 is 2.04 bits per heavy atom. The molecule has 26 heavy (non-hydrogen) atoms. The molecule has 0 N–H and O–H groups in total. The first kappa shape index (κ1) is 18.6. The number of rotatable bonds is 3. The second-order valence-electron chi connectivity index (χ2n) is 6.31. The third-order valence-corrected chi connectivity index (χ3v) is 6.33. The predicted molar refractivity (Wildman–Crippen MR) is 91.2 cm³/mol. The van der Waals surface area contributed by atoms with E-state index in [1.165, 1.54) is 25.4 Å². The molecule has 0 radical (unpaired) electrons. The fourth-order valence-corrected chi connectivity index (χ4v) is 4.31. The van der Waals surface area contributed by atoms with Gasteiger partial charge in [-0.3, -0.25) is 4.98 Å². The molecule has 1 unspecified atom stereocenters. The average molecular weight is 385 g/mol. The first-order chi connectivity index (χ1) is 12.1. The number of hydrogen-bond acceptors (Lipinski definition) is 4. The van der Waals surface area contributed by atoms with Crippen molar-refractivity contribution in [3.05, 3.63) is 35.4 Å². The van der Waals surface area contributed by atoms with Crippen LogP contribution in [0.25, 0.3) is 17.5 Å². The first-order valence-corrected chi connectivity index (χ1v) is 9.73. The number of nitrogens with zero attached hydrogens (tertiary/aromatic N) is 3. The molecule has 9 heteroatoms. The fourth-order valence-electron chi connectivity index (χ4n) is 3.28. The number of allylic oxidation sites excluding steroid dienone is 1. The molecule has 0 aliphatic heterocycles. The zero-order valence-electron chi connectivity index (χ0n) is 14.5. The zero-order chi connectivity index (χ0) is 19.3. The normalized spacial score (nSPS) is 17.8. The van der Waals surface area contributed by atoms with Crippen LogP contribution >= 0.6 is 0 Å². The van der Waals surface area contributed by atoms with Crippen LogP contribution in [0.15, 0.2) is 28.9 Å². The molecule has 0 bridgehead atoms. The standard InChI is InChI=1S/C17H18F3N3O2S/c1-4-26(24,25)14-9-21-6-5-12(14)16-22-13-8-11(17(18,19)20)7-10(2)15(13)23(16)3/h5-6,8-10H,4,7H2,1-3H3. The minimum atomic E-state index is -4.41. The van der Waals surface area contributed by atoms with Gasteiger partial charge in [-0.25, -0.2) is 13.4 Å². The van der Waals surface area contributed by atoms with Gasteiger partial charge in [-0.2, -0.15) is 13.2 Å². The maximum Gasteiger partial charge on any atom is 0.412 e. The summed E-state index contributed by atoms with van der Waals surface area (Å²) in [5.74, 6) is -0.174. The fraction of sp³-hybridized carbons (Fsp3) is 0.412. The first-order valence-electron chi connectivity index (χ1n) is 8.07. The van der Waals surface area contributed by atoms with Crippen LogP contribution in [0.1, 0.15) is 37.6 Å². The Hall–Kier alpha value is -2.16. The molecule has 1 atom stereocenters. The number of aromatic nitrogens is 3. The van der Waals surface area contributed by atoms with Crippen LogP contribution in [0.4, 0.5) is 13.2 Å². The molecular weight excluding hydrogens is 367 g/mol. The van der Waals surface area contributed by atoms with Crippen LogP contribution in [-0.4, -0.2) is 34.9 Å².